The lowest BCUT2D eigenvalue weighted by atomic mass is 10.1. The number of carbonyl (C=O) groups is 1. The van der Waals surface area contributed by atoms with Crippen LogP contribution in [0.15, 0.2) is 76.5 Å². The van der Waals surface area contributed by atoms with Gasteiger partial charge in [-0.05, 0) is 67.8 Å². The van der Waals surface area contributed by atoms with Crippen molar-refractivity contribution < 1.29 is 21.6 Å². The van der Waals surface area contributed by atoms with Gasteiger partial charge in [-0.2, -0.15) is 0 Å². The Bertz CT molecular complexity index is 1420. The van der Waals surface area contributed by atoms with E-state index in [1.54, 1.807) is 49.4 Å². The maximum absolute atomic E-state index is 13.5. The van der Waals surface area contributed by atoms with Crippen LogP contribution in [0.25, 0.3) is 0 Å². The monoisotopic (exact) mass is 520 g/mol. The van der Waals surface area contributed by atoms with Gasteiger partial charge in [-0.15, -0.1) is 0 Å². The largest absolute Gasteiger partial charge is 0.298 e. The predicted octanol–water partition coefficient (Wildman–Crippen LogP) is 4.00. The quantitative estimate of drug-likeness (QED) is 0.458. The zero-order valence-corrected chi connectivity index (χ0v) is 21.1. The number of aryl methyl sites for hydroxylation is 2. The smallest absolute Gasteiger partial charge is 0.264 e. The number of hydrogen-bond acceptors (Lipinski definition) is 5. The summed E-state index contributed by atoms with van der Waals surface area (Å²) in [4.78, 5) is 12.9. The molecule has 0 amide bonds. The molecule has 0 radical (unpaired) electrons. The fraction of sp³-hybridized carbons (Fsp3) is 0.208. The summed E-state index contributed by atoms with van der Waals surface area (Å²) in [5.41, 5.74) is 2.36. The van der Waals surface area contributed by atoms with Crippen LogP contribution >= 0.6 is 11.6 Å². The Morgan fingerprint density at radius 2 is 1.56 bits per heavy atom. The Morgan fingerprint density at radius 1 is 0.912 bits per heavy atom. The van der Waals surface area contributed by atoms with Crippen LogP contribution in [0.3, 0.4) is 0 Å². The molecule has 34 heavy (non-hydrogen) atoms. The van der Waals surface area contributed by atoms with Gasteiger partial charge in [-0.3, -0.25) is 9.10 Å². The number of benzene rings is 3. The first-order chi connectivity index (χ1) is 15.9. The highest BCUT2D eigenvalue weighted by molar-refractivity contribution is 7.92. The standard InChI is InChI=1S/C24H25ClN2O5S2/c1-17-9-13-21(14-10-17)34(31,32)27(24-8-4-7-23(25)18(24)2)16-20(28)12-11-19-5-3-6-22(15-19)33(26,29)30/h3-10,13-15H,11-12,16H2,1-2H3,(H2,26,29,30). The van der Waals surface area contributed by atoms with Crippen LogP contribution in [0.4, 0.5) is 5.69 Å². The first-order valence-corrected chi connectivity index (χ1v) is 13.7. The van der Waals surface area contributed by atoms with Gasteiger partial charge in [-0.1, -0.05) is 47.5 Å². The molecule has 0 atom stereocenters. The van der Waals surface area contributed by atoms with Crippen LogP contribution in [0.1, 0.15) is 23.1 Å². The van der Waals surface area contributed by atoms with E-state index in [2.05, 4.69) is 0 Å². The minimum Gasteiger partial charge on any atom is -0.298 e. The third-order valence-corrected chi connectivity index (χ3v) is 8.45. The summed E-state index contributed by atoms with van der Waals surface area (Å²) in [5, 5.41) is 5.56. The highest BCUT2D eigenvalue weighted by Gasteiger charge is 2.28. The normalized spacial score (nSPS) is 11.9. The van der Waals surface area contributed by atoms with Crippen LogP contribution in [-0.4, -0.2) is 29.2 Å². The molecule has 0 aliphatic rings. The number of sulfonamides is 2. The highest BCUT2D eigenvalue weighted by Crippen LogP contribution is 2.31. The molecule has 3 aromatic carbocycles. The molecule has 180 valence electrons. The van der Waals surface area contributed by atoms with E-state index < -0.39 is 26.6 Å². The number of nitrogens with two attached hydrogens (primary N) is 1. The maximum Gasteiger partial charge on any atom is 0.264 e. The van der Waals surface area contributed by atoms with Gasteiger partial charge >= 0.3 is 0 Å². The molecule has 3 aromatic rings. The van der Waals surface area contributed by atoms with Gasteiger partial charge in [0.15, 0.2) is 5.78 Å². The molecule has 0 saturated carbocycles. The first kappa shape index (κ1) is 25.9. The zero-order valence-electron chi connectivity index (χ0n) is 18.7. The Hall–Kier alpha value is -2.72. The maximum atomic E-state index is 13.5. The fourth-order valence-electron chi connectivity index (χ4n) is 3.40. The van der Waals surface area contributed by atoms with Gasteiger partial charge in [0.1, 0.15) is 0 Å². The molecule has 3 rings (SSSR count). The van der Waals surface area contributed by atoms with Crippen molar-refractivity contribution in [3.63, 3.8) is 0 Å². The molecular weight excluding hydrogens is 496 g/mol. The Kier molecular flexibility index (Phi) is 7.82. The fourth-order valence-corrected chi connectivity index (χ4v) is 5.66. The lowest BCUT2D eigenvalue weighted by Crippen LogP contribution is -2.36. The molecule has 0 spiro atoms. The zero-order chi connectivity index (χ0) is 25.1. The van der Waals surface area contributed by atoms with Crippen LogP contribution in [0, 0.1) is 13.8 Å². The summed E-state index contributed by atoms with van der Waals surface area (Å²) in [5.74, 6) is -0.337. The van der Waals surface area contributed by atoms with Crippen molar-refractivity contribution in [2.75, 3.05) is 10.8 Å². The molecule has 0 unspecified atom stereocenters. The van der Waals surface area contributed by atoms with Crippen LogP contribution < -0.4 is 9.44 Å². The van der Waals surface area contributed by atoms with Crippen LogP contribution in [-0.2, 0) is 31.3 Å². The second-order valence-corrected chi connectivity index (χ2v) is 11.8. The predicted molar refractivity (Wildman–Crippen MR) is 133 cm³/mol. The van der Waals surface area contributed by atoms with Crippen molar-refractivity contribution in [1.29, 1.82) is 0 Å². The SMILES string of the molecule is Cc1ccc(S(=O)(=O)N(CC(=O)CCc2cccc(S(N)(=O)=O)c2)c2cccc(Cl)c2C)cc1. The molecule has 0 fully saturated rings. The summed E-state index contributed by atoms with van der Waals surface area (Å²) < 4.78 is 51.3. The molecule has 0 heterocycles. The van der Waals surface area contributed by atoms with E-state index in [9.17, 15) is 21.6 Å². The highest BCUT2D eigenvalue weighted by atomic mass is 35.5. The minimum absolute atomic E-state index is 0.00754. The second-order valence-electron chi connectivity index (χ2n) is 7.94. The van der Waals surface area contributed by atoms with Gasteiger partial charge in [0.05, 0.1) is 22.0 Å². The Labute approximate surface area is 205 Å². The summed E-state index contributed by atoms with van der Waals surface area (Å²) in [6.45, 7) is 3.15. The van der Waals surface area contributed by atoms with E-state index in [1.165, 1.54) is 24.3 Å². The van der Waals surface area contributed by atoms with Crippen molar-refractivity contribution in [2.24, 2.45) is 5.14 Å². The van der Waals surface area contributed by atoms with E-state index >= 15 is 0 Å². The molecule has 10 heteroatoms. The molecule has 7 nitrogen and oxygen atoms in total. The van der Waals surface area contributed by atoms with E-state index in [1.807, 2.05) is 6.92 Å². The van der Waals surface area contributed by atoms with E-state index in [0.29, 0.717) is 21.8 Å². The van der Waals surface area contributed by atoms with Crippen molar-refractivity contribution in [2.45, 2.75) is 36.5 Å². The molecule has 0 bridgehead atoms. The number of carbonyl (C=O) groups excluding carboxylic acids is 1. The van der Waals surface area contributed by atoms with Gasteiger partial charge < -0.3 is 0 Å². The van der Waals surface area contributed by atoms with Gasteiger partial charge in [0, 0.05) is 11.4 Å². The van der Waals surface area contributed by atoms with Gasteiger partial charge in [0.25, 0.3) is 10.0 Å². The van der Waals surface area contributed by atoms with Crippen molar-refractivity contribution in [1.82, 2.24) is 0 Å². The lowest BCUT2D eigenvalue weighted by Gasteiger charge is -2.26. The molecule has 0 aliphatic heterocycles. The molecular formula is C24H25ClN2O5S2. The van der Waals surface area contributed by atoms with Crippen molar-refractivity contribution in [3.8, 4) is 0 Å². The average molecular weight is 521 g/mol. The second kappa shape index (κ2) is 10.3. The van der Waals surface area contributed by atoms with Gasteiger partial charge in [-0.25, -0.2) is 22.0 Å². The number of anilines is 1. The summed E-state index contributed by atoms with van der Waals surface area (Å²) in [6.07, 6.45) is 0.239. The van der Waals surface area contributed by atoms with Crippen molar-refractivity contribution in [3.05, 3.63) is 88.4 Å². The van der Waals surface area contributed by atoms with Gasteiger partial charge in [0.2, 0.25) is 10.0 Å². The van der Waals surface area contributed by atoms with E-state index in [0.717, 1.165) is 9.87 Å². The third-order valence-electron chi connectivity index (χ3n) is 5.36. The molecule has 0 aromatic heterocycles. The number of rotatable bonds is 9. The number of nitrogens with zero attached hydrogens (tertiary/aromatic N) is 1. The average Bonchev–Trinajstić information content (AvgIpc) is 2.78. The topological polar surface area (TPSA) is 115 Å². The Balaban J connectivity index is 1.89. The Morgan fingerprint density at radius 3 is 2.21 bits per heavy atom. The summed E-state index contributed by atoms with van der Waals surface area (Å²) >= 11 is 6.24. The molecule has 0 saturated heterocycles. The van der Waals surface area contributed by atoms with Crippen LogP contribution in [0.5, 0.6) is 0 Å². The number of ketones is 1. The first-order valence-electron chi connectivity index (χ1n) is 10.4. The number of hydrogen-bond donors (Lipinski definition) is 1. The molecule has 2 N–H and O–H groups in total. The summed E-state index contributed by atoms with van der Waals surface area (Å²) in [7, 11) is -7.92. The molecule has 0 aliphatic carbocycles. The third kappa shape index (κ3) is 6.04. The number of halogens is 1. The minimum atomic E-state index is -4.06. The van der Waals surface area contributed by atoms with E-state index in [4.69, 9.17) is 16.7 Å². The van der Waals surface area contributed by atoms with Crippen molar-refractivity contribution >= 4 is 43.1 Å². The summed E-state index contributed by atoms with van der Waals surface area (Å²) in [6, 6.07) is 17.3. The number of Topliss-reactive ketones (excluding diaryl/α,β-unsaturated/α-hetero) is 1. The lowest BCUT2D eigenvalue weighted by molar-refractivity contribution is -0.117. The van der Waals surface area contributed by atoms with Crippen LogP contribution in [0.2, 0.25) is 5.02 Å². The van der Waals surface area contributed by atoms with E-state index in [-0.39, 0.29) is 28.4 Å². The number of primary sulfonamides is 1.